The number of rotatable bonds is 5. The molecule has 2 N–H and O–H groups in total. The van der Waals surface area contributed by atoms with E-state index in [1.807, 2.05) is 17.0 Å². The molecule has 0 bridgehead atoms. The molecular weight excluding hydrogens is 481 g/mol. The van der Waals surface area contributed by atoms with Gasteiger partial charge in [-0.25, -0.2) is 0 Å². The number of morpholine rings is 1. The van der Waals surface area contributed by atoms with Crippen molar-refractivity contribution in [3.05, 3.63) is 29.8 Å². The monoisotopic (exact) mass is 513 g/mol. The van der Waals surface area contributed by atoms with Crippen molar-refractivity contribution < 1.29 is 9.53 Å². The SMILES string of the molecule is CN=C(NCc1ccc(N2CCCC2=O)cc1)NCC1CN2CCCC2CO1.I. The third-order valence-electron chi connectivity index (χ3n) is 5.96. The van der Waals surface area contributed by atoms with E-state index < -0.39 is 0 Å². The highest BCUT2D eigenvalue weighted by atomic mass is 127. The van der Waals surface area contributed by atoms with Crippen LogP contribution >= 0.6 is 24.0 Å². The summed E-state index contributed by atoms with van der Waals surface area (Å²) in [5, 5.41) is 6.74. The van der Waals surface area contributed by atoms with Crippen LogP contribution in [0.3, 0.4) is 0 Å². The van der Waals surface area contributed by atoms with Crippen LogP contribution in [0.25, 0.3) is 0 Å². The van der Waals surface area contributed by atoms with Crippen LogP contribution in [0.5, 0.6) is 0 Å². The fourth-order valence-corrected chi connectivity index (χ4v) is 4.34. The maximum Gasteiger partial charge on any atom is 0.227 e. The lowest BCUT2D eigenvalue weighted by atomic mass is 10.2. The molecule has 7 nitrogen and oxygen atoms in total. The molecule has 2 atom stereocenters. The number of hydrogen-bond acceptors (Lipinski definition) is 4. The van der Waals surface area contributed by atoms with Gasteiger partial charge in [-0.2, -0.15) is 0 Å². The number of nitrogens with one attached hydrogen (secondary N) is 2. The molecule has 0 saturated carbocycles. The second kappa shape index (κ2) is 10.6. The summed E-state index contributed by atoms with van der Waals surface area (Å²) < 4.78 is 6.00. The summed E-state index contributed by atoms with van der Waals surface area (Å²) in [4.78, 5) is 20.6. The van der Waals surface area contributed by atoms with Gasteiger partial charge in [-0.15, -0.1) is 24.0 Å². The molecular formula is C21H32IN5O2. The van der Waals surface area contributed by atoms with Crippen molar-refractivity contribution >= 4 is 41.5 Å². The molecule has 3 fully saturated rings. The molecule has 160 valence electrons. The lowest BCUT2D eigenvalue weighted by molar-refractivity contribution is -0.117. The number of guanidine groups is 1. The van der Waals surface area contributed by atoms with E-state index in [4.69, 9.17) is 4.74 Å². The molecule has 1 aromatic carbocycles. The Morgan fingerprint density at radius 2 is 2.03 bits per heavy atom. The van der Waals surface area contributed by atoms with Crippen LogP contribution in [0, 0.1) is 0 Å². The lowest BCUT2D eigenvalue weighted by Gasteiger charge is -2.35. The third kappa shape index (κ3) is 5.61. The van der Waals surface area contributed by atoms with Crippen molar-refractivity contribution in [1.29, 1.82) is 0 Å². The van der Waals surface area contributed by atoms with E-state index in [0.29, 0.717) is 19.0 Å². The largest absolute Gasteiger partial charge is 0.373 e. The maximum atomic E-state index is 11.9. The van der Waals surface area contributed by atoms with Crippen molar-refractivity contribution in [3.8, 4) is 0 Å². The summed E-state index contributed by atoms with van der Waals surface area (Å²) in [7, 11) is 1.79. The van der Waals surface area contributed by atoms with Gasteiger partial charge in [0, 0.05) is 51.4 Å². The van der Waals surface area contributed by atoms with Crippen LogP contribution < -0.4 is 15.5 Å². The summed E-state index contributed by atoms with van der Waals surface area (Å²) in [5.74, 6) is 1.01. The number of ether oxygens (including phenoxy) is 1. The van der Waals surface area contributed by atoms with E-state index in [0.717, 1.165) is 49.9 Å². The first kappa shape index (κ1) is 22.3. The van der Waals surface area contributed by atoms with Gasteiger partial charge >= 0.3 is 0 Å². The Morgan fingerprint density at radius 1 is 1.21 bits per heavy atom. The Bertz CT molecular complexity index is 712. The van der Waals surface area contributed by atoms with Crippen LogP contribution in [-0.4, -0.2) is 68.7 Å². The van der Waals surface area contributed by atoms with Crippen molar-refractivity contribution in [1.82, 2.24) is 15.5 Å². The number of benzene rings is 1. The Balaban J connectivity index is 0.00000240. The first-order chi connectivity index (χ1) is 13.7. The Hall–Kier alpha value is -1.39. The zero-order valence-corrected chi connectivity index (χ0v) is 19.4. The number of aliphatic imine (C=N–C) groups is 1. The number of hydrogen-bond donors (Lipinski definition) is 2. The van der Waals surface area contributed by atoms with Gasteiger partial charge in [0.2, 0.25) is 5.91 Å². The Kier molecular flexibility index (Phi) is 8.14. The minimum atomic E-state index is 0. The van der Waals surface area contributed by atoms with Crippen LogP contribution in [0.15, 0.2) is 29.3 Å². The first-order valence-corrected chi connectivity index (χ1v) is 10.4. The quantitative estimate of drug-likeness (QED) is 0.358. The van der Waals surface area contributed by atoms with Gasteiger partial charge in [0.1, 0.15) is 0 Å². The number of nitrogens with zero attached hydrogens (tertiary/aromatic N) is 3. The standard InChI is InChI=1S/C21H31N5O2.HI/c1-22-21(24-13-19-14-25-10-2-4-18(25)15-28-19)23-12-16-6-8-17(9-7-16)26-11-3-5-20(26)27;/h6-9,18-19H,2-5,10-15H2,1H3,(H2,22,23,24);1H. The van der Waals surface area contributed by atoms with Gasteiger partial charge in [0.25, 0.3) is 0 Å². The van der Waals surface area contributed by atoms with Gasteiger partial charge in [-0.1, -0.05) is 12.1 Å². The Morgan fingerprint density at radius 3 is 2.76 bits per heavy atom. The average Bonchev–Trinajstić information content (AvgIpc) is 3.37. The predicted octanol–water partition coefficient (Wildman–Crippen LogP) is 1.96. The van der Waals surface area contributed by atoms with Gasteiger partial charge in [-0.05, 0) is 43.5 Å². The highest BCUT2D eigenvalue weighted by molar-refractivity contribution is 14.0. The number of anilines is 1. The van der Waals surface area contributed by atoms with Crippen molar-refractivity contribution in [3.63, 3.8) is 0 Å². The number of halogens is 1. The molecule has 2 unspecified atom stereocenters. The zero-order valence-electron chi connectivity index (χ0n) is 17.1. The van der Waals surface area contributed by atoms with Crippen molar-refractivity contribution in [2.24, 2.45) is 4.99 Å². The molecule has 8 heteroatoms. The first-order valence-electron chi connectivity index (χ1n) is 10.4. The normalized spacial score (nSPS) is 24.9. The zero-order chi connectivity index (χ0) is 19.3. The maximum absolute atomic E-state index is 11.9. The van der Waals surface area contributed by atoms with E-state index in [9.17, 15) is 4.79 Å². The Labute approximate surface area is 190 Å². The van der Waals surface area contributed by atoms with E-state index in [1.54, 1.807) is 7.05 Å². The molecule has 0 radical (unpaired) electrons. The van der Waals surface area contributed by atoms with Crippen molar-refractivity contribution in [2.75, 3.05) is 44.7 Å². The fourth-order valence-electron chi connectivity index (χ4n) is 4.34. The number of fused-ring (bicyclic) bond motifs is 1. The molecule has 0 spiro atoms. The molecule has 0 aliphatic carbocycles. The predicted molar refractivity (Wildman–Crippen MR) is 126 cm³/mol. The number of amides is 1. The van der Waals surface area contributed by atoms with Crippen molar-refractivity contribution in [2.45, 2.75) is 44.4 Å². The third-order valence-corrected chi connectivity index (χ3v) is 5.96. The van der Waals surface area contributed by atoms with E-state index in [1.165, 1.54) is 19.4 Å². The number of carbonyl (C=O) groups excluding carboxylic acids is 1. The molecule has 29 heavy (non-hydrogen) atoms. The molecule has 3 aliphatic rings. The molecule has 3 saturated heterocycles. The molecule has 4 rings (SSSR count). The molecule has 3 aliphatic heterocycles. The minimum Gasteiger partial charge on any atom is -0.373 e. The molecule has 1 amide bonds. The average molecular weight is 513 g/mol. The van der Waals surface area contributed by atoms with Gasteiger partial charge in [-0.3, -0.25) is 14.7 Å². The van der Waals surface area contributed by atoms with E-state index in [2.05, 4.69) is 32.7 Å². The van der Waals surface area contributed by atoms with Crippen LogP contribution in [-0.2, 0) is 16.1 Å². The highest BCUT2D eigenvalue weighted by Gasteiger charge is 2.32. The summed E-state index contributed by atoms with van der Waals surface area (Å²) in [5.41, 5.74) is 2.15. The second-order valence-electron chi connectivity index (χ2n) is 7.87. The molecule has 0 aromatic heterocycles. The van der Waals surface area contributed by atoms with E-state index in [-0.39, 0.29) is 36.0 Å². The summed E-state index contributed by atoms with van der Waals surface area (Å²) in [6.07, 6.45) is 4.39. The van der Waals surface area contributed by atoms with Gasteiger partial charge < -0.3 is 20.3 Å². The smallest absolute Gasteiger partial charge is 0.227 e. The van der Waals surface area contributed by atoms with Gasteiger partial charge in [0.05, 0.1) is 12.7 Å². The highest BCUT2D eigenvalue weighted by Crippen LogP contribution is 2.23. The molecule has 1 aromatic rings. The molecule has 3 heterocycles. The lowest BCUT2D eigenvalue weighted by Crippen LogP contribution is -2.51. The summed E-state index contributed by atoms with van der Waals surface area (Å²) >= 11 is 0. The summed E-state index contributed by atoms with van der Waals surface area (Å²) in [6.45, 7) is 5.34. The topological polar surface area (TPSA) is 69.2 Å². The minimum absolute atomic E-state index is 0. The fraction of sp³-hybridized carbons (Fsp3) is 0.619. The van der Waals surface area contributed by atoms with E-state index >= 15 is 0 Å². The number of carbonyl (C=O) groups is 1. The van der Waals surface area contributed by atoms with Crippen LogP contribution in [0.1, 0.15) is 31.2 Å². The second-order valence-corrected chi connectivity index (χ2v) is 7.87. The summed E-state index contributed by atoms with van der Waals surface area (Å²) in [6, 6.07) is 8.82. The van der Waals surface area contributed by atoms with Crippen LogP contribution in [0.2, 0.25) is 0 Å². The van der Waals surface area contributed by atoms with Crippen LogP contribution in [0.4, 0.5) is 5.69 Å². The van der Waals surface area contributed by atoms with Gasteiger partial charge in [0.15, 0.2) is 5.96 Å².